The molecule has 0 aliphatic carbocycles. The zero-order valence-corrected chi connectivity index (χ0v) is 13.4. The minimum Gasteiger partial charge on any atom is -0.477 e. The van der Waals surface area contributed by atoms with Gasteiger partial charge in [0.25, 0.3) is 11.6 Å². The maximum atomic E-state index is 12.4. The number of hydrogen-bond acceptors (Lipinski definition) is 7. The Balaban J connectivity index is 2.06. The summed E-state index contributed by atoms with van der Waals surface area (Å²) in [7, 11) is 0. The van der Waals surface area contributed by atoms with Crippen LogP contribution in [-0.2, 0) is 0 Å². The Morgan fingerprint density at radius 2 is 1.92 bits per heavy atom. The molecule has 0 aliphatic heterocycles. The number of nitrogens with zero attached hydrogens (tertiary/aromatic N) is 3. The number of para-hydroxylation sites is 1. The summed E-state index contributed by atoms with van der Waals surface area (Å²) in [5.41, 5.74) is -0.681. The molecular weight excluding hydrogens is 368 g/mol. The van der Waals surface area contributed by atoms with Gasteiger partial charge in [-0.25, -0.2) is 9.59 Å². The van der Waals surface area contributed by atoms with Crippen molar-refractivity contribution in [2.45, 2.75) is 0 Å². The van der Waals surface area contributed by atoms with Gasteiger partial charge in [-0.1, -0.05) is 12.1 Å². The van der Waals surface area contributed by atoms with E-state index in [1.54, 1.807) is 0 Å². The highest BCUT2D eigenvalue weighted by molar-refractivity contribution is 7.20. The first-order valence-electron chi connectivity index (χ1n) is 6.83. The molecule has 11 nitrogen and oxygen atoms in total. The Kier molecular flexibility index (Phi) is 4.10. The van der Waals surface area contributed by atoms with E-state index in [2.05, 4.69) is 10.4 Å². The lowest BCUT2D eigenvalue weighted by atomic mass is 10.1. The monoisotopic (exact) mass is 376 g/mol. The van der Waals surface area contributed by atoms with Crippen LogP contribution in [0.25, 0.3) is 10.2 Å². The van der Waals surface area contributed by atoms with Gasteiger partial charge < -0.3 is 15.5 Å². The number of amides is 1. The highest BCUT2D eigenvalue weighted by Crippen LogP contribution is 2.32. The summed E-state index contributed by atoms with van der Waals surface area (Å²) in [4.78, 5) is 44.9. The van der Waals surface area contributed by atoms with Gasteiger partial charge in [0.1, 0.15) is 15.3 Å². The Morgan fingerprint density at radius 3 is 2.54 bits per heavy atom. The van der Waals surface area contributed by atoms with Gasteiger partial charge in [0.2, 0.25) is 0 Å². The zero-order chi connectivity index (χ0) is 19.0. The van der Waals surface area contributed by atoms with Gasteiger partial charge in [-0.05, 0) is 12.1 Å². The normalized spacial score (nSPS) is 10.6. The second kappa shape index (κ2) is 6.25. The smallest absolute Gasteiger partial charge is 0.433 e. The van der Waals surface area contributed by atoms with Gasteiger partial charge in [-0.3, -0.25) is 14.9 Å². The average Bonchev–Trinajstić information content (AvgIpc) is 3.15. The fourth-order valence-electron chi connectivity index (χ4n) is 2.23. The van der Waals surface area contributed by atoms with Crippen LogP contribution in [0.15, 0.2) is 30.3 Å². The minimum absolute atomic E-state index is 0.00719. The van der Waals surface area contributed by atoms with Crippen molar-refractivity contribution < 1.29 is 29.5 Å². The number of carboxylic acid groups (broad SMARTS) is 2. The molecule has 12 heteroatoms. The SMILES string of the molecule is O=C(O)c1cc2c(NC(=O)c3ccccc3[N+](=O)[O-])nn(C(=O)O)c2s1. The number of carbonyl (C=O) groups is 3. The Bertz CT molecular complexity index is 1080. The van der Waals surface area contributed by atoms with Gasteiger partial charge in [-0.15, -0.1) is 16.4 Å². The first-order valence-corrected chi connectivity index (χ1v) is 7.65. The molecule has 1 amide bonds. The van der Waals surface area contributed by atoms with E-state index in [4.69, 9.17) is 10.2 Å². The quantitative estimate of drug-likeness (QED) is 0.461. The molecule has 0 aliphatic rings. The molecule has 0 radical (unpaired) electrons. The zero-order valence-electron chi connectivity index (χ0n) is 12.6. The number of nitro groups is 1. The maximum Gasteiger partial charge on any atom is 0.433 e. The largest absolute Gasteiger partial charge is 0.477 e. The van der Waals surface area contributed by atoms with Crippen LogP contribution in [0.1, 0.15) is 20.0 Å². The van der Waals surface area contributed by atoms with E-state index >= 15 is 0 Å². The van der Waals surface area contributed by atoms with E-state index in [1.807, 2.05) is 0 Å². The Hall–Kier alpha value is -3.80. The predicted octanol–water partition coefficient (Wildman–Crippen LogP) is 2.48. The third-order valence-corrected chi connectivity index (χ3v) is 4.43. The molecule has 0 saturated heterocycles. The highest BCUT2D eigenvalue weighted by atomic mass is 32.1. The lowest BCUT2D eigenvalue weighted by molar-refractivity contribution is -0.385. The maximum absolute atomic E-state index is 12.4. The average molecular weight is 376 g/mol. The molecule has 132 valence electrons. The van der Waals surface area contributed by atoms with Crippen LogP contribution < -0.4 is 5.32 Å². The van der Waals surface area contributed by atoms with E-state index in [0.29, 0.717) is 16.0 Å². The summed E-state index contributed by atoms with van der Waals surface area (Å²) in [6, 6.07) is 6.37. The number of carboxylic acids is 1. The third-order valence-electron chi connectivity index (χ3n) is 3.33. The fraction of sp³-hybridized carbons (Fsp3) is 0. The van der Waals surface area contributed by atoms with Crippen molar-refractivity contribution in [3.8, 4) is 0 Å². The number of thiophene rings is 1. The number of rotatable bonds is 4. The lowest BCUT2D eigenvalue weighted by Gasteiger charge is -2.03. The van der Waals surface area contributed by atoms with Crippen LogP contribution in [0.2, 0.25) is 0 Å². The molecule has 3 rings (SSSR count). The molecule has 2 aromatic heterocycles. The number of hydrogen-bond donors (Lipinski definition) is 3. The van der Waals surface area contributed by atoms with Crippen LogP contribution in [0.5, 0.6) is 0 Å². The predicted molar refractivity (Wildman–Crippen MR) is 89.0 cm³/mol. The number of carbonyl (C=O) groups excluding carboxylic acids is 1. The molecule has 0 unspecified atom stereocenters. The topological polar surface area (TPSA) is 165 Å². The van der Waals surface area contributed by atoms with Crippen molar-refractivity contribution in [3.05, 3.63) is 50.9 Å². The summed E-state index contributed by atoms with van der Waals surface area (Å²) in [6.45, 7) is 0. The number of nitrogens with one attached hydrogen (secondary N) is 1. The van der Waals surface area contributed by atoms with Crippen LogP contribution in [0, 0.1) is 10.1 Å². The van der Waals surface area contributed by atoms with Crippen molar-refractivity contribution >= 4 is 51.0 Å². The number of benzene rings is 1. The molecule has 0 saturated carbocycles. The Labute approximate surface area is 147 Å². The van der Waals surface area contributed by atoms with E-state index in [1.165, 1.54) is 24.3 Å². The van der Waals surface area contributed by atoms with Crippen LogP contribution >= 0.6 is 11.3 Å². The van der Waals surface area contributed by atoms with E-state index in [0.717, 1.165) is 6.07 Å². The highest BCUT2D eigenvalue weighted by Gasteiger charge is 2.24. The van der Waals surface area contributed by atoms with Crippen LogP contribution in [-0.4, -0.2) is 42.9 Å². The first kappa shape index (κ1) is 17.0. The number of anilines is 1. The van der Waals surface area contributed by atoms with Crippen molar-refractivity contribution in [2.75, 3.05) is 5.32 Å². The molecule has 26 heavy (non-hydrogen) atoms. The number of nitro benzene ring substituents is 1. The second-order valence-corrected chi connectivity index (χ2v) is 5.94. The van der Waals surface area contributed by atoms with Gasteiger partial charge in [0, 0.05) is 6.07 Å². The van der Waals surface area contributed by atoms with Gasteiger partial charge >= 0.3 is 12.1 Å². The molecule has 1 aromatic carbocycles. The van der Waals surface area contributed by atoms with Gasteiger partial charge in [-0.2, -0.15) is 4.68 Å². The Morgan fingerprint density at radius 1 is 1.23 bits per heavy atom. The fourth-order valence-corrected chi connectivity index (χ4v) is 3.18. The molecule has 3 aromatic rings. The van der Waals surface area contributed by atoms with Crippen molar-refractivity contribution in [3.63, 3.8) is 0 Å². The van der Waals surface area contributed by atoms with E-state index in [9.17, 15) is 24.5 Å². The molecular formula is C14H8N4O7S. The second-order valence-electron chi connectivity index (χ2n) is 4.91. The van der Waals surface area contributed by atoms with E-state index < -0.39 is 28.6 Å². The van der Waals surface area contributed by atoms with Crippen molar-refractivity contribution in [1.29, 1.82) is 0 Å². The molecule has 2 heterocycles. The van der Waals surface area contributed by atoms with E-state index in [-0.39, 0.29) is 26.5 Å². The summed E-state index contributed by atoms with van der Waals surface area (Å²) in [5, 5.41) is 35.4. The van der Waals surface area contributed by atoms with Crippen molar-refractivity contribution in [2.24, 2.45) is 0 Å². The summed E-state index contributed by atoms with van der Waals surface area (Å²) < 4.78 is 0.529. The minimum atomic E-state index is -1.47. The lowest BCUT2D eigenvalue weighted by Crippen LogP contribution is -2.15. The van der Waals surface area contributed by atoms with Gasteiger partial charge in [0.15, 0.2) is 5.82 Å². The molecule has 3 N–H and O–H groups in total. The number of aromatic carboxylic acids is 1. The third kappa shape index (κ3) is 2.84. The first-order chi connectivity index (χ1) is 12.3. The molecule has 0 bridgehead atoms. The summed E-state index contributed by atoms with van der Waals surface area (Å²) in [6.07, 6.45) is -1.47. The van der Waals surface area contributed by atoms with Crippen LogP contribution in [0.3, 0.4) is 0 Å². The standard InChI is InChI=1S/C14H8N4O7S/c19-11(6-3-1-2-4-8(6)18(24)25)15-10-7-5-9(13(20)21)26-12(7)17(16-10)14(22)23/h1-5H,(H,20,21)(H,22,23)(H,15,16,19). The van der Waals surface area contributed by atoms with Gasteiger partial charge in [0.05, 0.1) is 10.3 Å². The molecule has 0 fully saturated rings. The number of aromatic nitrogens is 2. The molecule has 0 atom stereocenters. The molecule has 0 spiro atoms. The van der Waals surface area contributed by atoms with Crippen LogP contribution in [0.4, 0.5) is 16.3 Å². The summed E-state index contributed by atoms with van der Waals surface area (Å²) in [5.74, 6) is -2.36. The number of fused-ring (bicyclic) bond motifs is 1. The van der Waals surface area contributed by atoms with Crippen molar-refractivity contribution in [1.82, 2.24) is 9.78 Å². The summed E-state index contributed by atoms with van der Waals surface area (Å²) >= 11 is 0.673.